The zero-order valence-corrected chi connectivity index (χ0v) is 19.8. The minimum Gasteiger partial charge on any atom is -0.493 e. The van der Waals surface area contributed by atoms with Gasteiger partial charge in [-0.2, -0.15) is 15.2 Å². The van der Waals surface area contributed by atoms with Crippen LogP contribution in [-0.2, 0) is 16.0 Å². The monoisotopic (exact) mass is 450 g/mol. The van der Waals surface area contributed by atoms with Crippen molar-refractivity contribution in [1.29, 1.82) is 0 Å². The summed E-state index contributed by atoms with van der Waals surface area (Å²) < 4.78 is 14.7. The highest BCUT2D eigenvalue weighted by Crippen LogP contribution is 2.40. The van der Waals surface area contributed by atoms with Crippen molar-refractivity contribution in [3.05, 3.63) is 42.0 Å². The first-order chi connectivity index (χ1) is 15.8. The van der Waals surface area contributed by atoms with Crippen molar-refractivity contribution in [2.24, 2.45) is 0 Å². The number of carbonyl (C=O) groups is 1. The third-order valence-electron chi connectivity index (χ3n) is 6.76. The van der Waals surface area contributed by atoms with E-state index < -0.39 is 5.54 Å². The van der Waals surface area contributed by atoms with Crippen LogP contribution in [0.15, 0.2) is 30.7 Å². The molecule has 0 N–H and O–H groups in total. The summed E-state index contributed by atoms with van der Waals surface area (Å²) in [6.07, 6.45) is 4.32. The van der Waals surface area contributed by atoms with Crippen LogP contribution in [0.4, 0.5) is 0 Å². The second kappa shape index (κ2) is 7.98. The fourth-order valence-electron chi connectivity index (χ4n) is 4.61. The van der Waals surface area contributed by atoms with Gasteiger partial charge in [0.05, 0.1) is 25.5 Å². The van der Waals surface area contributed by atoms with Crippen molar-refractivity contribution >= 4 is 5.97 Å². The van der Waals surface area contributed by atoms with Crippen molar-refractivity contribution in [3.8, 4) is 22.8 Å². The molecule has 0 bridgehead atoms. The number of ether oxygens (including phenoxy) is 2. The van der Waals surface area contributed by atoms with Gasteiger partial charge in [0.2, 0.25) is 5.95 Å². The molecule has 2 aliphatic rings. The van der Waals surface area contributed by atoms with Gasteiger partial charge >= 0.3 is 5.97 Å². The Hall–Kier alpha value is -3.20. The normalized spacial score (nSPS) is 16.5. The quantitative estimate of drug-likeness (QED) is 0.552. The van der Waals surface area contributed by atoms with Crippen LogP contribution in [0.25, 0.3) is 17.1 Å². The minimum absolute atomic E-state index is 0.185. The molecule has 0 atom stereocenters. The van der Waals surface area contributed by atoms with Gasteiger partial charge in [0.1, 0.15) is 17.6 Å². The molecule has 5 rings (SSSR count). The van der Waals surface area contributed by atoms with Gasteiger partial charge in [-0.25, -0.2) is 9.36 Å². The van der Waals surface area contributed by atoms with Crippen molar-refractivity contribution in [3.63, 3.8) is 0 Å². The van der Waals surface area contributed by atoms with Crippen LogP contribution >= 0.6 is 0 Å². The van der Waals surface area contributed by atoms with Crippen molar-refractivity contribution in [1.82, 2.24) is 29.4 Å². The molecule has 174 valence electrons. The van der Waals surface area contributed by atoms with Crippen LogP contribution < -0.4 is 4.74 Å². The van der Waals surface area contributed by atoms with E-state index in [0.29, 0.717) is 18.5 Å². The molecule has 3 aromatic rings. The summed E-state index contributed by atoms with van der Waals surface area (Å²) in [5.74, 6) is 1.72. The predicted octanol–water partition coefficient (Wildman–Crippen LogP) is 3.00. The van der Waals surface area contributed by atoms with Crippen molar-refractivity contribution < 1.29 is 14.3 Å². The average Bonchev–Trinajstić information content (AvgIpc) is 3.36. The maximum absolute atomic E-state index is 12.1. The van der Waals surface area contributed by atoms with Gasteiger partial charge in [-0.1, -0.05) is 6.07 Å². The average molecular weight is 451 g/mol. The Kier molecular flexibility index (Phi) is 5.23. The molecule has 0 radical (unpaired) electrons. The number of likely N-dealkylation sites (tertiary alicyclic amines) is 1. The summed E-state index contributed by atoms with van der Waals surface area (Å²) in [7, 11) is 1.44. The van der Waals surface area contributed by atoms with Gasteiger partial charge in [-0.3, -0.25) is 9.69 Å². The largest absolute Gasteiger partial charge is 0.493 e. The van der Waals surface area contributed by atoms with Gasteiger partial charge in [0.15, 0.2) is 0 Å². The second-order valence-corrected chi connectivity index (χ2v) is 9.54. The number of methoxy groups -OCH3 is 1. The van der Waals surface area contributed by atoms with E-state index in [1.165, 1.54) is 12.7 Å². The van der Waals surface area contributed by atoms with Crippen molar-refractivity contribution in [2.75, 3.05) is 26.8 Å². The molecular formula is C24H30N6O3. The molecule has 1 aromatic carbocycles. The predicted molar refractivity (Wildman–Crippen MR) is 123 cm³/mol. The SMILES string of the molecule is COC(=O)C(C)(C)N1CC(c2ccc3c(c2)-c2cn(-c4ncnn4C(C)C)nc2CCO3)C1. The molecule has 0 aliphatic carbocycles. The lowest BCUT2D eigenvalue weighted by Gasteiger charge is -2.47. The molecule has 0 amide bonds. The third kappa shape index (κ3) is 3.60. The fourth-order valence-corrected chi connectivity index (χ4v) is 4.61. The molecular weight excluding hydrogens is 420 g/mol. The van der Waals surface area contributed by atoms with E-state index >= 15 is 0 Å². The highest BCUT2D eigenvalue weighted by atomic mass is 16.5. The lowest BCUT2D eigenvalue weighted by molar-refractivity contribution is -0.156. The molecule has 0 unspecified atom stereocenters. The Morgan fingerprint density at radius 1 is 1.24 bits per heavy atom. The van der Waals surface area contributed by atoms with Gasteiger partial charge < -0.3 is 9.47 Å². The Bertz CT molecular complexity index is 1190. The molecule has 9 nitrogen and oxygen atoms in total. The first-order valence-electron chi connectivity index (χ1n) is 11.4. The van der Waals surface area contributed by atoms with E-state index in [4.69, 9.17) is 14.6 Å². The molecule has 9 heteroatoms. The third-order valence-corrected chi connectivity index (χ3v) is 6.76. The van der Waals surface area contributed by atoms with E-state index in [0.717, 1.165) is 42.1 Å². The van der Waals surface area contributed by atoms with Gasteiger partial charge in [0.25, 0.3) is 0 Å². The van der Waals surface area contributed by atoms with E-state index in [9.17, 15) is 4.79 Å². The number of nitrogens with zero attached hydrogens (tertiary/aromatic N) is 6. The van der Waals surface area contributed by atoms with Gasteiger partial charge in [-0.15, -0.1) is 0 Å². The van der Waals surface area contributed by atoms with Crippen LogP contribution in [-0.4, -0.2) is 67.8 Å². The van der Waals surface area contributed by atoms with E-state index in [1.807, 2.05) is 29.4 Å². The maximum Gasteiger partial charge on any atom is 0.325 e. The van der Waals surface area contributed by atoms with E-state index in [2.05, 4.69) is 47.0 Å². The highest BCUT2D eigenvalue weighted by molar-refractivity contribution is 5.80. The molecule has 1 fully saturated rings. The van der Waals surface area contributed by atoms with Crippen LogP contribution in [0.1, 0.15) is 50.9 Å². The molecule has 2 aromatic heterocycles. The van der Waals surface area contributed by atoms with Crippen LogP contribution in [0.5, 0.6) is 5.75 Å². The van der Waals surface area contributed by atoms with Gasteiger partial charge in [-0.05, 0) is 45.4 Å². The Balaban J connectivity index is 1.45. The summed E-state index contributed by atoms with van der Waals surface area (Å²) in [6.45, 7) is 10.2. The van der Waals surface area contributed by atoms with Crippen LogP contribution in [0.2, 0.25) is 0 Å². The summed E-state index contributed by atoms with van der Waals surface area (Å²) in [6, 6.07) is 6.59. The summed E-state index contributed by atoms with van der Waals surface area (Å²) in [5, 5.41) is 9.18. The highest BCUT2D eigenvalue weighted by Gasteiger charge is 2.43. The minimum atomic E-state index is -0.624. The zero-order valence-electron chi connectivity index (χ0n) is 19.8. The number of fused-ring (bicyclic) bond motifs is 3. The van der Waals surface area contributed by atoms with Crippen molar-refractivity contribution in [2.45, 2.75) is 51.6 Å². The number of aromatic nitrogens is 5. The summed E-state index contributed by atoms with van der Waals surface area (Å²) in [4.78, 5) is 18.7. The van der Waals surface area contributed by atoms with E-state index in [1.54, 1.807) is 6.33 Å². The molecule has 1 saturated heterocycles. The molecule has 0 spiro atoms. The molecule has 4 heterocycles. The zero-order chi connectivity index (χ0) is 23.3. The number of esters is 1. The fraction of sp³-hybridized carbons (Fsp3) is 0.500. The smallest absolute Gasteiger partial charge is 0.325 e. The lowest BCUT2D eigenvalue weighted by atomic mass is 9.85. The van der Waals surface area contributed by atoms with Crippen LogP contribution in [0, 0.1) is 0 Å². The molecule has 33 heavy (non-hydrogen) atoms. The van der Waals surface area contributed by atoms with E-state index in [-0.39, 0.29) is 12.0 Å². The summed E-state index contributed by atoms with van der Waals surface area (Å²) >= 11 is 0. The maximum atomic E-state index is 12.1. The first kappa shape index (κ1) is 21.6. The molecule has 2 aliphatic heterocycles. The van der Waals surface area contributed by atoms with Gasteiger partial charge in [0, 0.05) is 42.8 Å². The number of rotatable bonds is 5. The first-order valence-corrected chi connectivity index (χ1v) is 11.4. The van der Waals surface area contributed by atoms with Crippen LogP contribution in [0.3, 0.4) is 0 Å². The summed E-state index contributed by atoms with van der Waals surface area (Å²) in [5.41, 5.74) is 3.72. The Labute approximate surface area is 193 Å². The topological polar surface area (TPSA) is 87.3 Å². The second-order valence-electron chi connectivity index (χ2n) is 9.54. The Morgan fingerprint density at radius 2 is 2.03 bits per heavy atom. The molecule has 0 saturated carbocycles. The lowest BCUT2D eigenvalue weighted by Crippen LogP contribution is -2.60. The number of hydrogen-bond acceptors (Lipinski definition) is 7. The standard InChI is InChI=1S/C24H30N6O3/c1-15(2)30-23(25-14-26-30)29-13-19-18-10-16(6-7-21(18)33-9-8-20(19)27-29)17-11-28(12-17)24(3,4)22(31)32-5/h6-7,10,13-15,17H,8-9,11-12H2,1-5H3. The Morgan fingerprint density at radius 3 is 2.76 bits per heavy atom. The number of carbonyl (C=O) groups excluding carboxylic acids is 1. The number of benzene rings is 1. The number of hydrogen-bond donors (Lipinski definition) is 0.